The largest absolute Gasteiger partial charge is 0.465 e. The lowest BCUT2D eigenvalue weighted by Gasteiger charge is -2.34. The summed E-state index contributed by atoms with van der Waals surface area (Å²) >= 11 is 0. The topological polar surface area (TPSA) is 108 Å². The number of carbonyl (C=O) groups is 1. The highest BCUT2D eigenvalue weighted by Gasteiger charge is 2.26. The summed E-state index contributed by atoms with van der Waals surface area (Å²) < 4.78 is 2.20. The third kappa shape index (κ3) is 4.78. The van der Waals surface area contributed by atoms with Gasteiger partial charge in [0.15, 0.2) is 0 Å². The molecule has 2 heterocycles. The molecule has 0 bridgehead atoms. The summed E-state index contributed by atoms with van der Waals surface area (Å²) in [4.78, 5) is 26.5. The van der Waals surface area contributed by atoms with Crippen LogP contribution in [0.4, 0.5) is 22.4 Å². The van der Waals surface area contributed by atoms with Gasteiger partial charge in [-0.05, 0) is 44.6 Å². The molecule has 2 aliphatic rings. The van der Waals surface area contributed by atoms with Crippen LogP contribution in [0, 0.1) is 0 Å². The molecular formula is C20H29N7O2. The lowest BCUT2D eigenvalue weighted by molar-refractivity contribution is 0.185. The molecule has 3 N–H and O–H groups in total. The highest BCUT2D eigenvalue weighted by atomic mass is 16.4. The zero-order valence-electron chi connectivity index (χ0n) is 16.8. The van der Waals surface area contributed by atoms with Crippen molar-refractivity contribution in [1.82, 2.24) is 24.8 Å². The van der Waals surface area contributed by atoms with Crippen molar-refractivity contribution in [2.45, 2.75) is 69.5 Å². The average molecular weight is 399 g/mol. The Labute approximate surface area is 170 Å². The van der Waals surface area contributed by atoms with Crippen LogP contribution in [0.25, 0.3) is 0 Å². The van der Waals surface area contributed by atoms with Crippen LogP contribution in [0.15, 0.2) is 24.8 Å². The van der Waals surface area contributed by atoms with Gasteiger partial charge in [0.25, 0.3) is 0 Å². The second-order valence-electron chi connectivity index (χ2n) is 8.08. The number of carboxylic acid groups (broad SMARTS) is 1. The number of imidazole rings is 1. The van der Waals surface area contributed by atoms with E-state index in [2.05, 4.69) is 41.2 Å². The Balaban J connectivity index is 1.36. The molecule has 2 fully saturated rings. The zero-order chi connectivity index (χ0) is 20.2. The molecule has 2 aromatic heterocycles. The minimum atomic E-state index is -0.945. The summed E-state index contributed by atoms with van der Waals surface area (Å²) in [6.45, 7) is 0. The minimum absolute atomic E-state index is 0.0426. The number of nitrogens with zero attached hydrogens (tertiary/aromatic N) is 5. The van der Waals surface area contributed by atoms with Gasteiger partial charge in [0, 0.05) is 37.6 Å². The van der Waals surface area contributed by atoms with Crippen LogP contribution < -0.4 is 15.5 Å². The Morgan fingerprint density at radius 3 is 2.62 bits per heavy atom. The van der Waals surface area contributed by atoms with Gasteiger partial charge < -0.3 is 25.2 Å². The fourth-order valence-corrected chi connectivity index (χ4v) is 4.47. The molecule has 4 rings (SSSR count). The van der Waals surface area contributed by atoms with Crippen LogP contribution in [-0.4, -0.2) is 49.9 Å². The van der Waals surface area contributed by atoms with Gasteiger partial charge in [-0.25, -0.2) is 14.8 Å². The summed E-state index contributed by atoms with van der Waals surface area (Å²) in [7, 11) is 2.00. The van der Waals surface area contributed by atoms with Gasteiger partial charge in [-0.3, -0.25) is 0 Å². The van der Waals surface area contributed by atoms with E-state index in [0.29, 0.717) is 18.0 Å². The van der Waals surface area contributed by atoms with Gasteiger partial charge in [-0.1, -0.05) is 12.8 Å². The fraction of sp³-hybridized carbons (Fsp3) is 0.600. The molecular weight excluding hydrogens is 370 g/mol. The number of rotatable bonds is 6. The molecule has 0 aliphatic heterocycles. The normalized spacial score (nSPS) is 22.4. The van der Waals surface area contributed by atoms with E-state index in [1.54, 1.807) is 6.20 Å². The first kappa shape index (κ1) is 19.5. The summed E-state index contributed by atoms with van der Waals surface area (Å²) in [6, 6.07) is 2.76. The monoisotopic (exact) mass is 399 g/mol. The maximum Gasteiger partial charge on any atom is 0.404 e. The van der Waals surface area contributed by atoms with E-state index in [-0.39, 0.29) is 6.04 Å². The Kier molecular flexibility index (Phi) is 5.82. The highest BCUT2D eigenvalue weighted by molar-refractivity contribution is 5.64. The number of hydrogen-bond acceptors (Lipinski definition) is 6. The first-order valence-electron chi connectivity index (χ1n) is 10.4. The number of hydrogen-bond donors (Lipinski definition) is 3. The Morgan fingerprint density at radius 2 is 1.90 bits per heavy atom. The first-order chi connectivity index (χ1) is 14.1. The van der Waals surface area contributed by atoms with Gasteiger partial charge in [0.1, 0.15) is 11.6 Å². The van der Waals surface area contributed by atoms with Crippen molar-refractivity contribution in [3.05, 3.63) is 24.8 Å². The Bertz CT molecular complexity index is 826. The average Bonchev–Trinajstić information content (AvgIpc) is 3.40. The van der Waals surface area contributed by atoms with Crippen LogP contribution in [0.5, 0.6) is 0 Å². The van der Waals surface area contributed by atoms with E-state index in [9.17, 15) is 4.79 Å². The predicted octanol–water partition coefficient (Wildman–Crippen LogP) is 3.55. The van der Waals surface area contributed by atoms with E-state index in [1.807, 2.05) is 19.4 Å². The van der Waals surface area contributed by atoms with Crippen LogP contribution in [-0.2, 0) is 0 Å². The predicted molar refractivity (Wildman–Crippen MR) is 111 cm³/mol. The Morgan fingerprint density at radius 1 is 1.14 bits per heavy atom. The lowest BCUT2D eigenvalue weighted by Crippen LogP contribution is -2.42. The van der Waals surface area contributed by atoms with Gasteiger partial charge in [-0.15, -0.1) is 0 Å². The molecule has 156 valence electrons. The molecule has 1 amide bonds. The molecule has 0 radical (unpaired) electrons. The van der Waals surface area contributed by atoms with Crippen molar-refractivity contribution in [2.24, 2.45) is 0 Å². The van der Waals surface area contributed by atoms with E-state index >= 15 is 0 Å². The smallest absolute Gasteiger partial charge is 0.404 e. The van der Waals surface area contributed by atoms with Crippen molar-refractivity contribution >= 4 is 23.7 Å². The molecule has 0 atom stereocenters. The second kappa shape index (κ2) is 8.67. The quantitative estimate of drug-likeness (QED) is 0.682. The van der Waals surface area contributed by atoms with Crippen molar-refractivity contribution in [2.75, 3.05) is 17.3 Å². The minimum Gasteiger partial charge on any atom is -0.465 e. The molecule has 9 heteroatoms. The van der Waals surface area contributed by atoms with Crippen LogP contribution >= 0.6 is 0 Å². The SMILES string of the molecule is CN(c1nccc(Nc2cn(C3CCCC3)cn2)n1)C1CCC(NC(=O)O)CC1. The fourth-order valence-electron chi connectivity index (χ4n) is 4.47. The van der Waals surface area contributed by atoms with Crippen molar-refractivity contribution < 1.29 is 9.90 Å². The molecule has 0 saturated heterocycles. The number of anilines is 3. The molecule has 9 nitrogen and oxygen atoms in total. The lowest BCUT2D eigenvalue weighted by atomic mass is 9.90. The Hall–Kier alpha value is -2.84. The summed E-state index contributed by atoms with van der Waals surface area (Å²) in [5, 5.41) is 14.8. The number of aromatic nitrogens is 4. The molecule has 0 spiro atoms. The van der Waals surface area contributed by atoms with E-state index in [1.165, 1.54) is 25.7 Å². The van der Waals surface area contributed by atoms with Crippen LogP contribution in [0.1, 0.15) is 57.4 Å². The molecule has 2 aliphatic carbocycles. The van der Waals surface area contributed by atoms with Crippen molar-refractivity contribution in [3.8, 4) is 0 Å². The van der Waals surface area contributed by atoms with Gasteiger partial charge >= 0.3 is 6.09 Å². The van der Waals surface area contributed by atoms with E-state index in [4.69, 9.17) is 5.11 Å². The zero-order valence-corrected chi connectivity index (χ0v) is 16.8. The third-order valence-electron chi connectivity index (χ3n) is 6.13. The van der Waals surface area contributed by atoms with E-state index in [0.717, 1.165) is 37.3 Å². The molecule has 2 aromatic rings. The first-order valence-corrected chi connectivity index (χ1v) is 10.4. The third-order valence-corrected chi connectivity index (χ3v) is 6.13. The summed E-state index contributed by atoms with van der Waals surface area (Å²) in [5.41, 5.74) is 0. The van der Waals surface area contributed by atoms with Crippen LogP contribution in [0.2, 0.25) is 0 Å². The molecule has 0 aromatic carbocycles. The molecule has 29 heavy (non-hydrogen) atoms. The molecule has 2 saturated carbocycles. The second-order valence-corrected chi connectivity index (χ2v) is 8.08. The van der Waals surface area contributed by atoms with Crippen molar-refractivity contribution in [3.63, 3.8) is 0 Å². The van der Waals surface area contributed by atoms with Gasteiger partial charge in [0.2, 0.25) is 5.95 Å². The van der Waals surface area contributed by atoms with Gasteiger partial charge in [-0.2, -0.15) is 4.98 Å². The van der Waals surface area contributed by atoms with Gasteiger partial charge in [0.05, 0.1) is 6.33 Å². The maximum atomic E-state index is 10.8. The highest BCUT2D eigenvalue weighted by Crippen LogP contribution is 2.30. The summed E-state index contributed by atoms with van der Waals surface area (Å²) in [6.07, 6.45) is 13.3. The van der Waals surface area contributed by atoms with E-state index < -0.39 is 6.09 Å². The van der Waals surface area contributed by atoms with Crippen LogP contribution in [0.3, 0.4) is 0 Å². The maximum absolute atomic E-state index is 10.8. The summed E-state index contributed by atoms with van der Waals surface area (Å²) in [5.74, 6) is 2.18. The standard InChI is InChI=1S/C20H29N7O2/c1-26(15-8-6-14(7-9-15)23-20(28)29)19-21-11-10-17(25-19)24-18-12-27(13-22-18)16-4-2-3-5-16/h10-16,23H,2-9H2,1H3,(H,28,29)(H,21,24,25). The number of amides is 1. The molecule has 0 unspecified atom stereocenters. The van der Waals surface area contributed by atoms with Crippen molar-refractivity contribution in [1.29, 1.82) is 0 Å². The number of nitrogens with one attached hydrogen (secondary N) is 2.